The van der Waals surface area contributed by atoms with Gasteiger partial charge in [0.25, 0.3) is 0 Å². The van der Waals surface area contributed by atoms with Gasteiger partial charge in [0.15, 0.2) is 0 Å². The van der Waals surface area contributed by atoms with Gasteiger partial charge in [-0.3, -0.25) is 9.59 Å². The molecule has 6 heteroatoms. The summed E-state index contributed by atoms with van der Waals surface area (Å²) in [4.78, 5) is 26.8. The number of aryl methyl sites for hydroxylation is 1. The number of carbonyl (C=O) groups is 2. The van der Waals surface area contributed by atoms with Gasteiger partial charge in [-0.05, 0) is 61.6 Å². The van der Waals surface area contributed by atoms with Crippen LogP contribution in [0.2, 0.25) is 0 Å². The largest absolute Gasteiger partial charge is 0.495 e. The number of anilines is 2. The summed E-state index contributed by atoms with van der Waals surface area (Å²) in [5.74, 6) is -0.832. The number of nitrogens with one attached hydrogen (secondary N) is 2. The van der Waals surface area contributed by atoms with Crippen LogP contribution in [0.25, 0.3) is 0 Å². The average molecular weight is 410 g/mol. The lowest BCUT2D eigenvalue weighted by Crippen LogP contribution is -2.36. The van der Waals surface area contributed by atoms with Crippen molar-refractivity contribution < 1.29 is 14.3 Å². The molecule has 2 N–H and O–H groups in total. The Bertz CT molecular complexity index is 856. The van der Waals surface area contributed by atoms with Crippen LogP contribution >= 0.6 is 0 Å². The van der Waals surface area contributed by atoms with Crippen molar-refractivity contribution in [3.05, 3.63) is 53.6 Å². The average Bonchev–Trinajstić information content (AvgIpc) is 3.04. The lowest BCUT2D eigenvalue weighted by molar-refractivity contribution is -0.136. The van der Waals surface area contributed by atoms with Gasteiger partial charge < -0.3 is 20.3 Å². The summed E-state index contributed by atoms with van der Waals surface area (Å²) in [6.07, 6.45) is 5.82. The molecule has 2 amide bonds. The molecular formula is C24H31N3O3. The maximum Gasteiger partial charge on any atom is 0.313 e. The summed E-state index contributed by atoms with van der Waals surface area (Å²) in [6, 6.07) is 13.9. The van der Waals surface area contributed by atoms with Crippen molar-refractivity contribution in [2.75, 3.05) is 37.0 Å². The van der Waals surface area contributed by atoms with E-state index in [0.29, 0.717) is 24.4 Å². The highest BCUT2D eigenvalue weighted by Gasteiger charge is 2.15. The van der Waals surface area contributed by atoms with E-state index in [0.717, 1.165) is 24.2 Å². The van der Waals surface area contributed by atoms with Crippen LogP contribution in [0.1, 0.15) is 36.8 Å². The first-order chi connectivity index (χ1) is 14.6. The molecule has 6 nitrogen and oxygen atoms in total. The first-order valence-corrected chi connectivity index (χ1v) is 10.6. The summed E-state index contributed by atoms with van der Waals surface area (Å²) >= 11 is 0. The third kappa shape index (κ3) is 5.99. The summed E-state index contributed by atoms with van der Waals surface area (Å²) in [5, 5.41) is 5.31. The van der Waals surface area contributed by atoms with Crippen LogP contribution in [0.4, 0.5) is 11.4 Å². The van der Waals surface area contributed by atoms with Gasteiger partial charge in [0.05, 0.1) is 12.8 Å². The molecule has 1 fully saturated rings. The summed E-state index contributed by atoms with van der Waals surface area (Å²) in [5.41, 5.74) is 3.85. The standard InChI is InChI=1S/C24H31N3O3/c1-18-7-12-22(30-2)21(17-18)26-24(29)23(28)25-14-13-19-8-10-20(11-9-19)27-15-5-3-4-6-16-27/h7-12,17H,3-6,13-16H2,1-2H3,(H,25,28)(H,26,29). The molecule has 0 aromatic heterocycles. The highest BCUT2D eigenvalue weighted by atomic mass is 16.5. The number of carbonyl (C=O) groups excluding carboxylic acids is 2. The number of ether oxygens (including phenoxy) is 1. The first-order valence-electron chi connectivity index (χ1n) is 10.6. The second-order valence-corrected chi connectivity index (χ2v) is 7.73. The van der Waals surface area contributed by atoms with Crippen molar-refractivity contribution >= 4 is 23.2 Å². The van der Waals surface area contributed by atoms with Crippen molar-refractivity contribution in [3.8, 4) is 5.75 Å². The SMILES string of the molecule is COc1ccc(C)cc1NC(=O)C(=O)NCCc1ccc(N2CCCCCC2)cc1. The number of amides is 2. The minimum atomic E-state index is -0.699. The van der Waals surface area contributed by atoms with E-state index in [1.165, 1.54) is 38.5 Å². The van der Waals surface area contributed by atoms with Crippen LogP contribution in [0.3, 0.4) is 0 Å². The highest BCUT2D eigenvalue weighted by molar-refractivity contribution is 6.39. The molecule has 0 aliphatic carbocycles. The fraction of sp³-hybridized carbons (Fsp3) is 0.417. The molecule has 3 rings (SSSR count). The zero-order valence-electron chi connectivity index (χ0n) is 17.9. The Kier molecular flexibility index (Phi) is 7.71. The monoisotopic (exact) mass is 409 g/mol. The molecule has 0 spiro atoms. The van der Waals surface area contributed by atoms with Crippen LogP contribution in [0.5, 0.6) is 5.75 Å². The maximum absolute atomic E-state index is 12.2. The quantitative estimate of drug-likeness (QED) is 0.714. The molecule has 0 atom stereocenters. The topological polar surface area (TPSA) is 70.7 Å². The summed E-state index contributed by atoms with van der Waals surface area (Å²) < 4.78 is 5.23. The van der Waals surface area contributed by atoms with Crippen LogP contribution in [0.15, 0.2) is 42.5 Å². The second kappa shape index (κ2) is 10.7. The van der Waals surface area contributed by atoms with E-state index >= 15 is 0 Å². The molecule has 1 aliphatic rings. The van der Waals surface area contributed by atoms with Gasteiger partial charge in [-0.2, -0.15) is 0 Å². The van der Waals surface area contributed by atoms with Gasteiger partial charge in [0, 0.05) is 25.3 Å². The van der Waals surface area contributed by atoms with Gasteiger partial charge in [-0.15, -0.1) is 0 Å². The van der Waals surface area contributed by atoms with Crippen LogP contribution in [-0.2, 0) is 16.0 Å². The summed E-state index contributed by atoms with van der Waals surface area (Å²) in [7, 11) is 1.53. The minimum Gasteiger partial charge on any atom is -0.495 e. The Morgan fingerprint density at radius 3 is 2.33 bits per heavy atom. The van der Waals surface area contributed by atoms with E-state index in [1.54, 1.807) is 12.1 Å². The first kappa shape index (κ1) is 21.7. The molecule has 0 bridgehead atoms. The van der Waals surface area contributed by atoms with E-state index in [1.807, 2.05) is 13.0 Å². The predicted molar refractivity (Wildman–Crippen MR) is 120 cm³/mol. The fourth-order valence-corrected chi connectivity index (χ4v) is 3.70. The second-order valence-electron chi connectivity index (χ2n) is 7.73. The predicted octanol–water partition coefficient (Wildman–Crippen LogP) is 3.68. The number of nitrogens with zero attached hydrogens (tertiary/aromatic N) is 1. The van der Waals surface area contributed by atoms with Crippen molar-refractivity contribution in [1.82, 2.24) is 5.32 Å². The molecule has 0 radical (unpaired) electrons. The Morgan fingerprint density at radius 1 is 0.967 bits per heavy atom. The maximum atomic E-state index is 12.2. The van der Waals surface area contributed by atoms with Crippen molar-refractivity contribution in [2.45, 2.75) is 39.0 Å². The smallest absolute Gasteiger partial charge is 0.313 e. The normalized spacial score (nSPS) is 14.0. The van der Waals surface area contributed by atoms with Crippen molar-refractivity contribution in [3.63, 3.8) is 0 Å². The lowest BCUT2D eigenvalue weighted by atomic mass is 10.1. The third-order valence-corrected chi connectivity index (χ3v) is 5.42. The van der Waals surface area contributed by atoms with Gasteiger partial charge in [0.1, 0.15) is 5.75 Å². The molecule has 2 aromatic rings. The number of hydrogen-bond donors (Lipinski definition) is 2. The number of rotatable bonds is 6. The van der Waals surface area contributed by atoms with Gasteiger partial charge in [-0.25, -0.2) is 0 Å². The summed E-state index contributed by atoms with van der Waals surface area (Å²) in [6.45, 7) is 4.56. The van der Waals surface area contributed by atoms with E-state index in [4.69, 9.17) is 4.74 Å². The zero-order valence-corrected chi connectivity index (χ0v) is 17.9. The Morgan fingerprint density at radius 2 is 1.67 bits per heavy atom. The fourth-order valence-electron chi connectivity index (χ4n) is 3.70. The Hall–Kier alpha value is -3.02. The number of methoxy groups -OCH3 is 1. The molecule has 1 saturated heterocycles. The minimum absolute atomic E-state index is 0.403. The third-order valence-electron chi connectivity index (χ3n) is 5.42. The molecule has 160 valence electrons. The molecule has 0 saturated carbocycles. The van der Waals surface area contributed by atoms with Crippen LogP contribution in [0, 0.1) is 6.92 Å². The molecule has 0 unspecified atom stereocenters. The van der Waals surface area contributed by atoms with Crippen molar-refractivity contribution in [2.24, 2.45) is 0 Å². The molecule has 2 aromatic carbocycles. The molecular weight excluding hydrogens is 378 g/mol. The Balaban J connectivity index is 1.47. The van der Waals surface area contributed by atoms with Crippen LogP contribution in [-0.4, -0.2) is 38.6 Å². The van der Waals surface area contributed by atoms with Gasteiger partial charge in [-0.1, -0.05) is 31.0 Å². The molecule has 1 heterocycles. The van der Waals surface area contributed by atoms with Crippen molar-refractivity contribution in [1.29, 1.82) is 0 Å². The van der Waals surface area contributed by atoms with Gasteiger partial charge in [0.2, 0.25) is 0 Å². The highest BCUT2D eigenvalue weighted by Crippen LogP contribution is 2.25. The number of hydrogen-bond acceptors (Lipinski definition) is 4. The van der Waals surface area contributed by atoms with Gasteiger partial charge >= 0.3 is 11.8 Å². The Labute approximate surface area is 178 Å². The van der Waals surface area contributed by atoms with E-state index in [2.05, 4.69) is 39.8 Å². The number of benzene rings is 2. The van der Waals surface area contributed by atoms with E-state index < -0.39 is 11.8 Å². The van der Waals surface area contributed by atoms with E-state index in [9.17, 15) is 9.59 Å². The molecule has 30 heavy (non-hydrogen) atoms. The lowest BCUT2D eigenvalue weighted by Gasteiger charge is -2.22. The van der Waals surface area contributed by atoms with Crippen LogP contribution < -0.4 is 20.3 Å². The molecule has 1 aliphatic heterocycles. The zero-order chi connectivity index (χ0) is 21.3. The van der Waals surface area contributed by atoms with E-state index in [-0.39, 0.29) is 0 Å².